The fourth-order valence-electron chi connectivity index (χ4n) is 3.24. The van der Waals surface area contributed by atoms with E-state index < -0.39 is 0 Å². The van der Waals surface area contributed by atoms with E-state index in [1.807, 2.05) is 24.3 Å². The highest BCUT2D eigenvalue weighted by Gasteiger charge is 2.21. The molecule has 2 aromatic rings. The zero-order valence-electron chi connectivity index (χ0n) is 15.6. The van der Waals surface area contributed by atoms with Gasteiger partial charge in [-0.2, -0.15) is 0 Å². The summed E-state index contributed by atoms with van der Waals surface area (Å²) in [5.74, 6) is 0.516. The minimum atomic E-state index is -0.272. The molecular weight excluding hydrogens is 345 g/mol. The number of carbonyl (C=O) groups excluding carboxylic acids is 1. The molecule has 2 amide bonds. The molecule has 0 bridgehead atoms. The highest BCUT2D eigenvalue weighted by molar-refractivity contribution is 5.74. The van der Waals surface area contributed by atoms with Crippen LogP contribution in [0.3, 0.4) is 0 Å². The number of benzene rings is 2. The SMILES string of the molecule is COc1ccc(CNC(=O)N(Cc2ccc(F)cc2)C[C@@H]2CCCN2)cc1. The lowest BCUT2D eigenvalue weighted by Gasteiger charge is -2.26. The first-order valence-corrected chi connectivity index (χ1v) is 9.27. The molecule has 5 nitrogen and oxygen atoms in total. The van der Waals surface area contributed by atoms with Gasteiger partial charge in [0.1, 0.15) is 11.6 Å². The molecule has 1 atom stereocenters. The van der Waals surface area contributed by atoms with Gasteiger partial charge in [-0.15, -0.1) is 0 Å². The number of hydrogen-bond acceptors (Lipinski definition) is 3. The zero-order chi connectivity index (χ0) is 19.1. The van der Waals surface area contributed by atoms with Gasteiger partial charge < -0.3 is 20.3 Å². The third kappa shape index (κ3) is 5.69. The lowest BCUT2D eigenvalue weighted by Crippen LogP contribution is -2.45. The summed E-state index contributed by atoms with van der Waals surface area (Å²) in [5, 5.41) is 6.41. The number of methoxy groups -OCH3 is 1. The minimum Gasteiger partial charge on any atom is -0.497 e. The number of hydrogen-bond donors (Lipinski definition) is 2. The average Bonchev–Trinajstić information content (AvgIpc) is 3.21. The van der Waals surface area contributed by atoms with E-state index in [0.717, 1.165) is 36.3 Å². The minimum absolute atomic E-state index is 0.121. The number of rotatable bonds is 7. The lowest BCUT2D eigenvalue weighted by molar-refractivity contribution is 0.189. The lowest BCUT2D eigenvalue weighted by atomic mass is 10.1. The van der Waals surface area contributed by atoms with E-state index in [2.05, 4.69) is 10.6 Å². The first-order chi connectivity index (χ1) is 13.1. The molecule has 3 rings (SSSR count). The molecule has 0 radical (unpaired) electrons. The van der Waals surface area contributed by atoms with Crippen LogP contribution >= 0.6 is 0 Å². The quantitative estimate of drug-likeness (QED) is 0.785. The van der Waals surface area contributed by atoms with Crippen molar-refractivity contribution < 1.29 is 13.9 Å². The third-order valence-corrected chi connectivity index (χ3v) is 4.78. The standard InChI is InChI=1S/C21H26FN3O2/c1-27-20-10-6-16(7-11-20)13-24-21(26)25(15-19-3-2-12-23-19)14-17-4-8-18(22)9-5-17/h4-11,19,23H,2-3,12-15H2,1H3,(H,24,26)/t19-/m0/s1. The van der Waals surface area contributed by atoms with Crippen LogP contribution in [0.1, 0.15) is 24.0 Å². The first kappa shape index (κ1) is 19.2. The van der Waals surface area contributed by atoms with Crippen LogP contribution in [0.25, 0.3) is 0 Å². The second-order valence-electron chi connectivity index (χ2n) is 6.81. The van der Waals surface area contributed by atoms with E-state index in [1.165, 1.54) is 12.1 Å². The fraction of sp³-hybridized carbons (Fsp3) is 0.381. The number of urea groups is 1. The van der Waals surface area contributed by atoms with Gasteiger partial charge in [0.15, 0.2) is 0 Å². The van der Waals surface area contributed by atoms with Crippen molar-refractivity contribution in [1.29, 1.82) is 0 Å². The summed E-state index contributed by atoms with van der Waals surface area (Å²) in [4.78, 5) is 14.6. The highest BCUT2D eigenvalue weighted by atomic mass is 19.1. The zero-order valence-corrected chi connectivity index (χ0v) is 15.6. The maximum Gasteiger partial charge on any atom is 0.318 e. The molecule has 1 heterocycles. The Bertz CT molecular complexity index is 728. The molecule has 27 heavy (non-hydrogen) atoms. The molecule has 0 spiro atoms. The van der Waals surface area contributed by atoms with Crippen molar-refractivity contribution in [2.24, 2.45) is 0 Å². The molecule has 2 aromatic carbocycles. The van der Waals surface area contributed by atoms with Crippen LogP contribution in [0.2, 0.25) is 0 Å². The van der Waals surface area contributed by atoms with Gasteiger partial charge in [-0.1, -0.05) is 24.3 Å². The maximum absolute atomic E-state index is 13.2. The summed E-state index contributed by atoms with van der Waals surface area (Å²) in [5.41, 5.74) is 1.92. The number of halogens is 1. The second-order valence-corrected chi connectivity index (χ2v) is 6.81. The molecule has 1 aliphatic heterocycles. The van der Waals surface area contributed by atoms with Gasteiger partial charge in [0, 0.05) is 25.7 Å². The Kier molecular flexibility index (Phi) is 6.65. The normalized spacial score (nSPS) is 16.1. The number of amides is 2. The Morgan fingerprint density at radius 2 is 1.89 bits per heavy atom. The van der Waals surface area contributed by atoms with Crippen molar-refractivity contribution in [3.05, 3.63) is 65.5 Å². The largest absolute Gasteiger partial charge is 0.497 e. The van der Waals surface area contributed by atoms with Crippen molar-refractivity contribution in [3.8, 4) is 5.75 Å². The topological polar surface area (TPSA) is 53.6 Å². The number of nitrogens with zero attached hydrogens (tertiary/aromatic N) is 1. The van der Waals surface area contributed by atoms with E-state index in [9.17, 15) is 9.18 Å². The summed E-state index contributed by atoms with van der Waals surface area (Å²) in [6.45, 7) is 2.52. The molecular formula is C21H26FN3O2. The molecule has 1 saturated heterocycles. The Balaban J connectivity index is 1.62. The van der Waals surface area contributed by atoms with Crippen molar-refractivity contribution in [3.63, 3.8) is 0 Å². The molecule has 6 heteroatoms. The van der Waals surface area contributed by atoms with Gasteiger partial charge in [-0.05, 0) is 54.8 Å². The molecule has 0 saturated carbocycles. The molecule has 1 fully saturated rings. The molecule has 0 unspecified atom stereocenters. The predicted molar refractivity (Wildman–Crippen MR) is 103 cm³/mol. The monoisotopic (exact) mass is 371 g/mol. The van der Waals surface area contributed by atoms with Gasteiger partial charge in [0.05, 0.1) is 7.11 Å². The molecule has 144 valence electrons. The van der Waals surface area contributed by atoms with Crippen LogP contribution in [0, 0.1) is 5.82 Å². The van der Waals surface area contributed by atoms with E-state index in [0.29, 0.717) is 25.7 Å². The second kappa shape index (κ2) is 9.37. The Hall–Kier alpha value is -2.60. The van der Waals surface area contributed by atoms with Crippen molar-refractivity contribution in [2.75, 3.05) is 20.2 Å². The summed E-state index contributed by atoms with van der Waals surface area (Å²) in [7, 11) is 1.63. The smallest absolute Gasteiger partial charge is 0.318 e. The molecule has 0 aromatic heterocycles. The Labute approximate surface area is 159 Å². The van der Waals surface area contributed by atoms with Crippen molar-refractivity contribution >= 4 is 6.03 Å². The van der Waals surface area contributed by atoms with E-state index in [1.54, 1.807) is 24.1 Å². The van der Waals surface area contributed by atoms with Gasteiger partial charge >= 0.3 is 6.03 Å². The van der Waals surface area contributed by atoms with Gasteiger partial charge in [-0.25, -0.2) is 9.18 Å². The maximum atomic E-state index is 13.2. The van der Waals surface area contributed by atoms with Crippen LogP contribution in [0.5, 0.6) is 5.75 Å². The summed E-state index contributed by atoms with van der Waals surface area (Å²) in [6, 6.07) is 14.1. The summed E-state index contributed by atoms with van der Waals surface area (Å²) in [6.07, 6.45) is 2.19. The number of ether oxygens (including phenoxy) is 1. The Morgan fingerprint density at radius 3 is 2.52 bits per heavy atom. The van der Waals surface area contributed by atoms with E-state index in [-0.39, 0.29) is 11.8 Å². The van der Waals surface area contributed by atoms with Gasteiger partial charge in [-0.3, -0.25) is 0 Å². The van der Waals surface area contributed by atoms with E-state index >= 15 is 0 Å². The van der Waals surface area contributed by atoms with Crippen molar-refractivity contribution in [2.45, 2.75) is 32.0 Å². The Morgan fingerprint density at radius 1 is 1.19 bits per heavy atom. The number of carbonyl (C=O) groups is 1. The fourth-order valence-corrected chi connectivity index (χ4v) is 3.24. The molecule has 1 aliphatic rings. The van der Waals surface area contributed by atoms with Gasteiger partial charge in [0.2, 0.25) is 0 Å². The van der Waals surface area contributed by atoms with Crippen LogP contribution < -0.4 is 15.4 Å². The summed E-state index contributed by atoms with van der Waals surface area (Å²) < 4.78 is 18.3. The van der Waals surface area contributed by atoms with Gasteiger partial charge in [0.25, 0.3) is 0 Å². The third-order valence-electron chi connectivity index (χ3n) is 4.78. The van der Waals surface area contributed by atoms with E-state index in [4.69, 9.17) is 4.74 Å². The van der Waals surface area contributed by atoms with Crippen LogP contribution in [0.15, 0.2) is 48.5 Å². The first-order valence-electron chi connectivity index (χ1n) is 9.27. The van der Waals surface area contributed by atoms with Crippen LogP contribution in [0.4, 0.5) is 9.18 Å². The van der Waals surface area contributed by atoms with Crippen LogP contribution in [-0.4, -0.2) is 37.2 Å². The molecule has 2 N–H and O–H groups in total. The van der Waals surface area contributed by atoms with Crippen LogP contribution in [-0.2, 0) is 13.1 Å². The summed E-state index contributed by atoms with van der Waals surface area (Å²) >= 11 is 0. The highest BCUT2D eigenvalue weighted by Crippen LogP contribution is 2.13. The van der Waals surface area contributed by atoms with Crippen molar-refractivity contribution in [1.82, 2.24) is 15.5 Å². The average molecular weight is 371 g/mol. The predicted octanol–water partition coefficient (Wildman–Crippen LogP) is 3.30. The molecule has 0 aliphatic carbocycles. The number of nitrogens with one attached hydrogen (secondary N) is 2.